The summed E-state index contributed by atoms with van der Waals surface area (Å²) in [6.07, 6.45) is 0. The van der Waals surface area contributed by atoms with E-state index in [1.807, 2.05) is 12.1 Å². The fourth-order valence-electron chi connectivity index (χ4n) is 7.93. The Balaban J connectivity index is 1.17. The lowest BCUT2D eigenvalue weighted by Crippen LogP contribution is -2.03. The monoisotopic (exact) mass is 666 g/mol. The third-order valence-corrected chi connectivity index (χ3v) is 10.2. The summed E-state index contributed by atoms with van der Waals surface area (Å²) < 4.78 is 4.62. The second-order valence-corrected chi connectivity index (χ2v) is 13.7. The highest BCUT2D eigenvalue weighted by Gasteiger charge is 2.19. The third-order valence-electron chi connectivity index (χ3n) is 10.2. The Morgan fingerprint density at radius 2 is 0.788 bits per heavy atom. The molecule has 0 aliphatic heterocycles. The topological polar surface area (TPSA) is 35.6 Å². The van der Waals surface area contributed by atoms with Gasteiger partial charge in [-0.05, 0) is 90.7 Å². The zero-order valence-electron chi connectivity index (χ0n) is 29.0. The standard InChI is InChI=1S/C48H34N4/c1-31-25-32(2)27-37(26-31)51-44-19-11-9-17-38(44)40-28-35(21-23-46(40)51)36-22-24-47-41(29-36)39-18-10-12-20-45(39)52(47)48-49-42(33-13-5-3-6-14-33)30-43(50-48)34-15-7-4-8-16-34/h3-30H,1-2H3. The van der Waals surface area contributed by atoms with Crippen molar-refractivity contribution in [1.82, 2.24) is 19.1 Å². The highest BCUT2D eigenvalue weighted by Crippen LogP contribution is 2.38. The van der Waals surface area contributed by atoms with Crippen LogP contribution in [0.3, 0.4) is 0 Å². The first-order valence-corrected chi connectivity index (χ1v) is 17.7. The smallest absolute Gasteiger partial charge is 0.235 e. The number of hydrogen-bond acceptors (Lipinski definition) is 2. The van der Waals surface area contributed by atoms with Crippen LogP contribution >= 0.6 is 0 Å². The molecule has 0 bridgehead atoms. The molecule has 3 heterocycles. The highest BCUT2D eigenvalue weighted by molar-refractivity contribution is 6.12. The maximum atomic E-state index is 5.20. The van der Waals surface area contributed by atoms with E-state index in [1.54, 1.807) is 0 Å². The zero-order chi connectivity index (χ0) is 34.8. The summed E-state index contributed by atoms with van der Waals surface area (Å²) in [4.78, 5) is 10.4. The number of para-hydroxylation sites is 2. The molecule has 4 heteroatoms. The van der Waals surface area contributed by atoms with Crippen molar-refractivity contribution in [2.75, 3.05) is 0 Å². The molecule has 0 unspecified atom stereocenters. The van der Waals surface area contributed by atoms with Crippen LogP contribution in [0.15, 0.2) is 170 Å². The highest BCUT2D eigenvalue weighted by atomic mass is 15.2. The van der Waals surface area contributed by atoms with Crippen LogP contribution in [0.25, 0.3) is 88.9 Å². The summed E-state index contributed by atoms with van der Waals surface area (Å²) in [7, 11) is 0. The number of nitrogens with zero attached hydrogens (tertiary/aromatic N) is 4. The molecule has 0 radical (unpaired) electrons. The quantitative estimate of drug-likeness (QED) is 0.183. The average molecular weight is 667 g/mol. The molecule has 10 aromatic rings. The van der Waals surface area contributed by atoms with Gasteiger partial charge in [0.2, 0.25) is 5.95 Å². The fraction of sp³-hybridized carbons (Fsp3) is 0.0417. The third kappa shape index (κ3) is 4.91. The van der Waals surface area contributed by atoms with Crippen LogP contribution in [0.5, 0.6) is 0 Å². The van der Waals surface area contributed by atoms with E-state index in [4.69, 9.17) is 9.97 Å². The minimum atomic E-state index is 0.653. The summed E-state index contributed by atoms with van der Waals surface area (Å²) in [5.74, 6) is 0.653. The second kappa shape index (κ2) is 11.9. The molecule has 3 aromatic heterocycles. The second-order valence-electron chi connectivity index (χ2n) is 13.7. The van der Waals surface area contributed by atoms with Gasteiger partial charge in [0.25, 0.3) is 0 Å². The van der Waals surface area contributed by atoms with E-state index in [0.717, 1.165) is 33.5 Å². The Labute approximate surface area is 301 Å². The number of aromatic nitrogens is 4. The molecule has 246 valence electrons. The van der Waals surface area contributed by atoms with E-state index in [-0.39, 0.29) is 0 Å². The minimum absolute atomic E-state index is 0.653. The van der Waals surface area contributed by atoms with Crippen LogP contribution in [-0.2, 0) is 0 Å². The summed E-state index contributed by atoms with van der Waals surface area (Å²) in [5, 5.41) is 4.83. The van der Waals surface area contributed by atoms with Crippen molar-refractivity contribution in [1.29, 1.82) is 0 Å². The molecule has 4 nitrogen and oxygen atoms in total. The Hall–Kier alpha value is -6.78. The first-order valence-electron chi connectivity index (χ1n) is 17.7. The van der Waals surface area contributed by atoms with Gasteiger partial charge in [0.05, 0.1) is 33.5 Å². The zero-order valence-corrected chi connectivity index (χ0v) is 29.0. The summed E-state index contributed by atoms with van der Waals surface area (Å²) in [5.41, 5.74) is 14.5. The molecule has 0 amide bonds. The van der Waals surface area contributed by atoms with Gasteiger partial charge in [-0.3, -0.25) is 4.57 Å². The normalized spacial score (nSPS) is 11.7. The van der Waals surface area contributed by atoms with Gasteiger partial charge >= 0.3 is 0 Å². The Morgan fingerprint density at radius 1 is 0.346 bits per heavy atom. The van der Waals surface area contributed by atoms with E-state index < -0.39 is 0 Å². The van der Waals surface area contributed by atoms with E-state index in [9.17, 15) is 0 Å². The van der Waals surface area contributed by atoms with Crippen LogP contribution in [-0.4, -0.2) is 19.1 Å². The molecule has 0 aliphatic carbocycles. The predicted octanol–water partition coefficient (Wildman–Crippen LogP) is 12.3. The first kappa shape index (κ1) is 30.1. The lowest BCUT2D eigenvalue weighted by Gasteiger charge is -2.12. The van der Waals surface area contributed by atoms with Crippen LogP contribution in [0.4, 0.5) is 0 Å². The van der Waals surface area contributed by atoms with Gasteiger partial charge in [0.15, 0.2) is 0 Å². The summed E-state index contributed by atoms with van der Waals surface area (Å²) in [6.45, 7) is 4.34. The van der Waals surface area contributed by atoms with Crippen molar-refractivity contribution in [2.24, 2.45) is 0 Å². The molecule has 7 aromatic carbocycles. The van der Waals surface area contributed by atoms with Crippen molar-refractivity contribution in [3.05, 3.63) is 181 Å². The largest absolute Gasteiger partial charge is 0.309 e. The SMILES string of the molecule is Cc1cc(C)cc(-n2c3ccccc3c3cc(-c4ccc5c(c4)c4ccccc4n5-c4nc(-c5ccccc5)cc(-c5ccccc5)n4)ccc32)c1. The molecule has 52 heavy (non-hydrogen) atoms. The van der Waals surface area contributed by atoms with Gasteiger partial charge in [-0.2, -0.15) is 0 Å². The molecule has 0 fully saturated rings. The number of fused-ring (bicyclic) bond motifs is 6. The maximum absolute atomic E-state index is 5.20. The van der Waals surface area contributed by atoms with Crippen molar-refractivity contribution in [3.8, 4) is 45.3 Å². The first-order chi connectivity index (χ1) is 25.6. The van der Waals surface area contributed by atoms with Crippen LogP contribution in [0.1, 0.15) is 11.1 Å². The number of aryl methyl sites for hydroxylation is 2. The molecule has 0 aliphatic rings. The van der Waals surface area contributed by atoms with Gasteiger partial charge < -0.3 is 4.57 Å². The molecule has 0 spiro atoms. The van der Waals surface area contributed by atoms with Crippen LogP contribution < -0.4 is 0 Å². The van der Waals surface area contributed by atoms with Crippen molar-refractivity contribution in [3.63, 3.8) is 0 Å². The van der Waals surface area contributed by atoms with Crippen molar-refractivity contribution in [2.45, 2.75) is 13.8 Å². The van der Waals surface area contributed by atoms with E-state index in [2.05, 4.69) is 181 Å². The molecular weight excluding hydrogens is 633 g/mol. The molecule has 0 saturated carbocycles. The summed E-state index contributed by atoms with van der Waals surface area (Å²) >= 11 is 0. The summed E-state index contributed by atoms with van der Waals surface area (Å²) in [6, 6.07) is 60.6. The van der Waals surface area contributed by atoms with Gasteiger partial charge in [-0.15, -0.1) is 0 Å². The lowest BCUT2D eigenvalue weighted by atomic mass is 10.0. The molecule has 10 rings (SSSR count). The van der Waals surface area contributed by atoms with Crippen LogP contribution in [0.2, 0.25) is 0 Å². The predicted molar refractivity (Wildman–Crippen MR) is 216 cm³/mol. The number of benzene rings is 7. The lowest BCUT2D eigenvalue weighted by molar-refractivity contribution is 0.995. The van der Waals surface area contributed by atoms with Gasteiger partial charge in [0, 0.05) is 38.4 Å². The maximum Gasteiger partial charge on any atom is 0.235 e. The Bertz CT molecular complexity index is 2890. The van der Waals surface area contributed by atoms with E-state index in [1.165, 1.54) is 60.5 Å². The van der Waals surface area contributed by atoms with E-state index >= 15 is 0 Å². The van der Waals surface area contributed by atoms with Crippen molar-refractivity contribution < 1.29 is 0 Å². The Morgan fingerprint density at radius 3 is 1.33 bits per heavy atom. The molecular formula is C48H34N4. The minimum Gasteiger partial charge on any atom is -0.309 e. The fourth-order valence-corrected chi connectivity index (χ4v) is 7.93. The average Bonchev–Trinajstić information content (AvgIpc) is 3.70. The Kier molecular flexibility index (Phi) is 6.90. The van der Waals surface area contributed by atoms with E-state index in [0.29, 0.717) is 5.95 Å². The number of rotatable bonds is 5. The number of hydrogen-bond donors (Lipinski definition) is 0. The van der Waals surface area contributed by atoms with Crippen molar-refractivity contribution >= 4 is 43.6 Å². The van der Waals surface area contributed by atoms with Gasteiger partial charge in [-0.1, -0.05) is 115 Å². The molecule has 0 N–H and O–H groups in total. The molecule has 0 atom stereocenters. The van der Waals surface area contributed by atoms with Gasteiger partial charge in [-0.25, -0.2) is 9.97 Å². The van der Waals surface area contributed by atoms with Crippen LogP contribution in [0, 0.1) is 13.8 Å². The molecule has 0 saturated heterocycles. The van der Waals surface area contributed by atoms with Gasteiger partial charge in [0.1, 0.15) is 0 Å².